The van der Waals surface area contributed by atoms with E-state index in [-0.39, 0.29) is 5.91 Å². The standard InChI is InChI=1S/C18H23N3O2S/c22-17(20-18-19-8-10-24-18)12-21-9-4-7-16(11-21)14-23-13-15-5-2-1-3-6-15/h1-3,5-6,8,10,16H,4,7,9,11-14H2,(H,19,20,22)/t16-/m1/s1. The van der Waals surface area contributed by atoms with Gasteiger partial charge in [0.2, 0.25) is 5.91 Å². The zero-order chi connectivity index (χ0) is 16.6. The number of nitrogens with one attached hydrogen (secondary N) is 1. The number of benzene rings is 1. The van der Waals surface area contributed by atoms with E-state index >= 15 is 0 Å². The SMILES string of the molecule is O=C(CN1CCC[C@@H](COCc2ccccc2)C1)Nc1nccs1. The van der Waals surface area contributed by atoms with Gasteiger partial charge in [-0.1, -0.05) is 30.3 Å². The van der Waals surface area contributed by atoms with Crippen molar-refractivity contribution in [1.29, 1.82) is 0 Å². The van der Waals surface area contributed by atoms with Gasteiger partial charge >= 0.3 is 0 Å². The van der Waals surface area contributed by atoms with Gasteiger partial charge in [0, 0.05) is 18.1 Å². The molecule has 1 amide bonds. The number of hydrogen-bond acceptors (Lipinski definition) is 5. The van der Waals surface area contributed by atoms with Gasteiger partial charge in [0.05, 0.1) is 19.8 Å². The van der Waals surface area contributed by atoms with E-state index < -0.39 is 0 Å². The second-order valence-electron chi connectivity index (χ2n) is 6.13. The number of amides is 1. The molecule has 0 saturated carbocycles. The first kappa shape index (κ1) is 17.1. The van der Waals surface area contributed by atoms with Crippen molar-refractivity contribution in [3.8, 4) is 0 Å². The number of piperidine rings is 1. The Morgan fingerprint density at radius 2 is 2.25 bits per heavy atom. The second kappa shape index (κ2) is 8.92. The van der Waals surface area contributed by atoms with Gasteiger partial charge in [-0.15, -0.1) is 11.3 Å². The lowest BCUT2D eigenvalue weighted by molar-refractivity contribution is -0.117. The summed E-state index contributed by atoms with van der Waals surface area (Å²) in [5.74, 6) is 0.505. The Balaban J connectivity index is 1.38. The van der Waals surface area contributed by atoms with E-state index in [0.717, 1.165) is 26.1 Å². The fraction of sp³-hybridized carbons (Fsp3) is 0.444. The van der Waals surface area contributed by atoms with Crippen LogP contribution in [0, 0.1) is 5.92 Å². The molecule has 1 aromatic heterocycles. The zero-order valence-corrected chi connectivity index (χ0v) is 14.5. The Morgan fingerprint density at radius 1 is 1.38 bits per heavy atom. The Morgan fingerprint density at radius 3 is 3.04 bits per heavy atom. The molecular formula is C18H23N3O2S. The fourth-order valence-corrected chi connectivity index (χ4v) is 3.54. The number of carbonyl (C=O) groups is 1. The Hall–Kier alpha value is -1.76. The summed E-state index contributed by atoms with van der Waals surface area (Å²) in [5, 5.41) is 5.37. The molecule has 1 aromatic carbocycles. The van der Waals surface area contributed by atoms with Crippen LogP contribution in [0.15, 0.2) is 41.9 Å². The van der Waals surface area contributed by atoms with Gasteiger partial charge in [-0.3, -0.25) is 9.69 Å². The molecule has 1 fully saturated rings. The smallest absolute Gasteiger partial charge is 0.240 e. The maximum Gasteiger partial charge on any atom is 0.240 e. The van der Waals surface area contributed by atoms with Gasteiger partial charge in [0.1, 0.15) is 0 Å². The topological polar surface area (TPSA) is 54.5 Å². The normalized spacial score (nSPS) is 18.4. The summed E-state index contributed by atoms with van der Waals surface area (Å²) in [7, 11) is 0. The van der Waals surface area contributed by atoms with Crippen molar-refractivity contribution in [2.24, 2.45) is 5.92 Å². The highest BCUT2D eigenvalue weighted by Crippen LogP contribution is 2.18. The average Bonchev–Trinajstić information content (AvgIpc) is 3.09. The third-order valence-corrected chi connectivity index (χ3v) is 4.80. The molecule has 0 aliphatic carbocycles. The first-order valence-corrected chi connectivity index (χ1v) is 9.21. The largest absolute Gasteiger partial charge is 0.376 e. The van der Waals surface area contributed by atoms with Crippen LogP contribution in [0.5, 0.6) is 0 Å². The highest BCUT2D eigenvalue weighted by Gasteiger charge is 2.22. The van der Waals surface area contributed by atoms with Crippen LogP contribution in [-0.4, -0.2) is 42.0 Å². The minimum Gasteiger partial charge on any atom is -0.376 e. The van der Waals surface area contributed by atoms with Crippen molar-refractivity contribution in [1.82, 2.24) is 9.88 Å². The van der Waals surface area contributed by atoms with E-state index in [4.69, 9.17) is 4.74 Å². The molecule has 1 saturated heterocycles. The fourth-order valence-electron chi connectivity index (χ4n) is 3.00. The molecule has 128 valence electrons. The first-order chi connectivity index (χ1) is 11.8. The Kier molecular flexibility index (Phi) is 6.34. The third-order valence-electron chi connectivity index (χ3n) is 4.11. The van der Waals surface area contributed by atoms with E-state index in [1.807, 2.05) is 23.6 Å². The number of rotatable bonds is 7. The quantitative estimate of drug-likeness (QED) is 0.838. The van der Waals surface area contributed by atoms with E-state index in [9.17, 15) is 4.79 Å². The molecule has 3 rings (SSSR count). The average molecular weight is 345 g/mol. The number of carbonyl (C=O) groups excluding carboxylic acids is 1. The molecule has 1 aliphatic heterocycles. The summed E-state index contributed by atoms with van der Waals surface area (Å²) >= 11 is 1.44. The molecule has 2 heterocycles. The van der Waals surface area contributed by atoms with Crippen molar-refractivity contribution >= 4 is 22.4 Å². The lowest BCUT2D eigenvalue weighted by atomic mass is 9.99. The zero-order valence-electron chi connectivity index (χ0n) is 13.7. The van der Waals surface area contributed by atoms with Crippen LogP contribution in [0.2, 0.25) is 0 Å². The van der Waals surface area contributed by atoms with Crippen LogP contribution >= 0.6 is 11.3 Å². The van der Waals surface area contributed by atoms with Crippen molar-refractivity contribution in [3.63, 3.8) is 0 Å². The number of nitrogens with zero attached hydrogens (tertiary/aromatic N) is 2. The molecule has 1 atom stereocenters. The number of thiazole rings is 1. The van der Waals surface area contributed by atoms with Gasteiger partial charge in [0.15, 0.2) is 5.13 Å². The van der Waals surface area contributed by atoms with Crippen molar-refractivity contribution in [2.45, 2.75) is 19.4 Å². The van der Waals surface area contributed by atoms with Crippen LogP contribution in [0.25, 0.3) is 0 Å². The van der Waals surface area contributed by atoms with Gasteiger partial charge in [0.25, 0.3) is 0 Å². The monoisotopic (exact) mass is 345 g/mol. The van der Waals surface area contributed by atoms with Crippen LogP contribution in [-0.2, 0) is 16.1 Å². The van der Waals surface area contributed by atoms with E-state index in [1.165, 1.54) is 23.3 Å². The predicted octanol–water partition coefficient (Wildman–Crippen LogP) is 3.01. The van der Waals surface area contributed by atoms with Gasteiger partial charge in [-0.2, -0.15) is 0 Å². The van der Waals surface area contributed by atoms with Crippen LogP contribution in [0.1, 0.15) is 18.4 Å². The molecule has 1 N–H and O–H groups in total. The van der Waals surface area contributed by atoms with Crippen molar-refractivity contribution < 1.29 is 9.53 Å². The summed E-state index contributed by atoms with van der Waals surface area (Å²) in [6.45, 7) is 3.72. The lowest BCUT2D eigenvalue weighted by Crippen LogP contribution is -2.41. The molecule has 0 spiro atoms. The van der Waals surface area contributed by atoms with Crippen molar-refractivity contribution in [3.05, 3.63) is 47.5 Å². The predicted molar refractivity (Wildman–Crippen MR) is 96.0 cm³/mol. The first-order valence-electron chi connectivity index (χ1n) is 8.33. The van der Waals surface area contributed by atoms with E-state index in [2.05, 4.69) is 27.3 Å². The van der Waals surface area contributed by atoms with E-state index in [0.29, 0.717) is 24.2 Å². The summed E-state index contributed by atoms with van der Waals surface area (Å²) in [6.07, 6.45) is 3.98. The summed E-state index contributed by atoms with van der Waals surface area (Å²) in [5.41, 5.74) is 1.20. The van der Waals surface area contributed by atoms with E-state index in [1.54, 1.807) is 6.20 Å². The molecule has 0 unspecified atom stereocenters. The Bertz CT molecular complexity index is 618. The number of likely N-dealkylation sites (tertiary alicyclic amines) is 1. The summed E-state index contributed by atoms with van der Waals surface area (Å²) < 4.78 is 5.86. The molecule has 0 bridgehead atoms. The second-order valence-corrected chi connectivity index (χ2v) is 7.02. The molecule has 2 aromatic rings. The highest BCUT2D eigenvalue weighted by atomic mass is 32.1. The molecule has 6 heteroatoms. The highest BCUT2D eigenvalue weighted by molar-refractivity contribution is 7.13. The number of ether oxygens (including phenoxy) is 1. The number of aromatic nitrogens is 1. The minimum atomic E-state index is 0.0100. The number of anilines is 1. The maximum absolute atomic E-state index is 12.1. The summed E-state index contributed by atoms with van der Waals surface area (Å²) in [6, 6.07) is 10.2. The van der Waals surface area contributed by atoms with Crippen LogP contribution in [0.3, 0.4) is 0 Å². The molecular weight excluding hydrogens is 322 g/mol. The lowest BCUT2D eigenvalue weighted by Gasteiger charge is -2.31. The molecule has 5 nitrogen and oxygen atoms in total. The third kappa shape index (κ3) is 5.40. The molecule has 24 heavy (non-hydrogen) atoms. The van der Waals surface area contributed by atoms with Gasteiger partial charge < -0.3 is 10.1 Å². The molecule has 1 aliphatic rings. The summed E-state index contributed by atoms with van der Waals surface area (Å²) in [4.78, 5) is 18.4. The van der Waals surface area contributed by atoms with Crippen LogP contribution in [0.4, 0.5) is 5.13 Å². The van der Waals surface area contributed by atoms with Crippen molar-refractivity contribution in [2.75, 3.05) is 31.6 Å². The Labute approximate surface area is 146 Å². The number of hydrogen-bond donors (Lipinski definition) is 1. The minimum absolute atomic E-state index is 0.0100. The van der Waals surface area contributed by atoms with Gasteiger partial charge in [-0.05, 0) is 30.9 Å². The molecule has 0 radical (unpaired) electrons. The van der Waals surface area contributed by atoms with Gasteiger partial charge in [-0.25, -0.2) is 4.98 Å². The maximum atomic E-state index is 12.1. The van der Waals surface area contributed by atoms with Crippen LogP contribution < -0.4 is 5.32 Å².